The second-order valence-electron chi connectivity index (χ2n) is 5.75. The minimum absolute atomic E-state index is 0.0489. The molecule has 1 aromatic rings. The molecule has 1 aliphatic heterocycles. The number of nitrogens with zero attached hydrogens (tertiary/aromatic N) is 2. The summed E-state index contributed by atoms with van der Waals surface area (Å²) in [7, 11) is 0. The van der Waals surface area contributed by atoms with Gasteiger partial charge in [0.2, 0.25) is 11.8 Å². The lowest BCUT2D eigenvalue weighted by atomic mass is 10.1. The number of carbonyl (C=O) groups excluding carboxylic acids is 2. The van der Waals surface area contributed by atoms with Crippen LogP contribution in [-0.4, -0.2) is 40.2 Å². The summed E-state index contributed by atoms with van der Waals surface area (Å²) in [5.74, 6) is -0.0978. The molecule has 1 saturated carbocycles. The minimum atomic E-state index is -0.187. The van der Waals surface area contributed by atoms with E-state index < -0.39 is 0 Å². The Morgan fingerprint density at radius 1 is 1.05 bits per heavy atom. The number of hydrogen-bond acceptors (Lipinski definition) is 3. The topological polar surface area (TPSA) is 40.6 Å². The lowest BCUT2D eigenvalue weighted by Crippen LogP contribution is -2.57. The van der Waals surface area contributed by atoms with Crippen LogP contribution in [0.2, 0.25) is 0 Å². The molecule has 0 aromatic heterocycles. The van der Waals surface area contributed by atoms with Crippen molar-refractivity contribution in [2.75, 3.05) is 13.1 Å². The van der Waals surface area contributed by atoms with E-state index in [1.165, 1.54) is 4.90 Å². The van der Waals surface area contributed by atoms with Crippen molar-refractivity contribution in [1.29, 1.82) is 0 Å². The zero-order chi connectivity index (χ0) is 13.5. The molecular formula is C15H18N2O2. The smallest absolute Gasteiger partial charge is 0.243 e. The quantitative estimate of drug-likeness (QED) is 0.770. The highest BCUT2D eigenvalue weighted by molar-refractivity contribution is 6.00. The van der Waals surface area contributed by atoms with Gasteiger partial charge in [0.05, 0.1) is 13.1 Å². The van der Waals surface area contributed by atoms with Gasteiger partial charge in [-0.05, 0) is 25.3 Å². The first kappa shape index (κ1) is 12.4. The summed E-state index contributed by atoms with van der Waals surface area (Å²) in [4.78, 5) is 27.7. The Labute approximate surface area is 113 Å². The van der Waals surface area contributed by atoms with Gasteiger partial charge in [0.25, 0.3) is 0 Å². The third-order valence-electron chi connectivity index (χ3n) is 3.98. The van der Waals surface area contributed by atoms with Crippen LogP contribution >= 0.6 is 0 Å². The second kappa shape index (κ2) is 4.46. The third kappa shape index (κ3) is 2.40. The van der Waals surface area contributed by atoms with Crippen molar-refractivity contribution in [1.82, 2.24) is 9.80 Å². The molecule has 1 aromatic carbocycles. The van der Waals surface area contributed by atoms with Gasteiger partial charge in [-0.25, -0.2) is 0 Å². The number of imide groups is 1. The molecule has 3 rings (SSSR count). The molecule has 0 atom stereocenters. The van der Waals surface area contributed by atoms with Crippen molar-refractivity contribution in [3.63, 3.8) is 0 Å². The van der Waals surface area contributed by atoms with Crippen LogP contribution in [0.15, 0.2) is 30.3 Å². The summed E-state index contributed by atoms with van der Waals surface area (Å²) >= 11 is 0. The maximum atomic E-state index is 12.2. The van der Waals surface area contributed by atoms with Gasteiger partial charge in [-0.2, -0.15) is 0 Å². The van der Waals surface area contributed by atoms with Gasteiger partial charge in [-0.15, -0.1) is 0 Å². The highest BCUT2D eigenvalue weighted by Gasteiger charge is 2.50. The second-order valence-corrected chi connectivity index (χ2v) is 5.75. The number of amides is 2. The Morgan fingerprint density at radius 3 is 2.16 bits per heavy atom. The predicted molar refractivity (Wildman–Crippen MR) is 71.2 cm³/mol. The lowest BCUT2D eigenvalue weighted by Gasteiger charge is -2.36. The minimum Gasteiger partial charge on any atom is -0.281 e. The van der Waals surface area contributed by atoms with E-state index in [4.69, 9.17) is 0 Å². The summed E-state index contributed by atoms with van der Waals surface area (Å²) in [6, 6.07) is 9.94. The highest BCUT2D eigenvalue weighted by atomic mass is 16.2. The molecule has 100 valence electrons. The molecule has 0 unspecified atom stereocenters. The zero-order valence-electron chi connectivity index (χ0n) is 11.1. The van der Waals surface area contributed by atoms with Gasteiger partial charge < -0.3 is 0 Å². The van der Waals surface area contributed by atoms with E-state index >= 15 is 0 Å². The van der Waals surface area contributed by atoms with Crippen LogP contribution < -0.4 is 0 Å². The average molecular weight is 258 g/mol. The summed E-state index contributed by atoms with van der Waals surface area (Å²) in [6.07, 6.45) is 1.90. The molecule has 0 N–H and O–H groups in total. The summed E-state index contributed by atoms with van der Waals surface area (Å²) < 4.78 is 0. The van der Waals surface area contributed by atoms with Crippen molar-refractivity contribution in [3.05, 3.63) is 35.9 Å². The zero-order valence-corrected chi connectivity index (χ0v) is 11.1. The number of rotatable bonds is 3. The Kier molecular flexibility index (Phi) is 2.90. The lowest BCUT2D eigenvalue weighted by molar-refractivity contribution is -0.155. The third-order valence-corrected chi connectivity index (χ3v) is 3.98. The van der Waals surface area contributed by atoms with Crippen molar-refractivity contribution >= 4 is 11.8 Å². The number of hydrogen-bond donors (Lipinski definition) is 0. The first-order valence-corrected chi connectivity index (χ1v) is 6.71. The van der Waals surface area contributed by atoms with Crippen LogP contribution in [0.25, 0.3) is 0 Å². The highest BCUT2D eigenvalue weighted by Crippen LogP contribution is 2.42. The van der Waals surface area contributed by atoms with Crippen molar-refractivity contribution in [2.45, 2.75) is 31.8 Å². The maximum absolute atomic E-state index is 12.2. The Balaban J connectivity index is 1.68. The van der Waals surface area contributed by atoms with Crippen molar-refractivity contribution in [3.8, 4) is 0 Å². The van der Waals surface area contributed by atoms with Crippen LogP contribution in [0.5, 0.6) is 0 Å². The van der Waals surface area contributed by atoms with Crippen molar-refractivity contribution in [2.24, 2.45) is 0 Å². The SMILES string of the molecule is CC1(N2C(=O)CN(Cc3ccccc3)CC2=O)CC1. The normalized spacial score (nSPS) is 22.7. The number of benzene rings is 1. The molecule has 19 heavy (non-hydrogen) atoms. The largest absolute Gasteiger partial charge is 0.281 e. The summed E-state index contributed by atoms with van der Waals surface area (Å²) in [6.45, 7) is 3.34. The molecule has 2 fully saturated rings. The van der Waals surface area contributed by atoms with Gasteiger partial charge in [0.1, 0.15) is 0 Å². The Morgan fingerprint density at radius 2 is 1.63 bits per heavy atom. The van der Waals surface area contributed by atoms with E-state index in [0.717, 1.165) is 18.4 Å². The molecule has 0 radical (unpaired) electrons. The first-order valence-electron chi connectivity index (χ1n) is 6.71. The molecular weight excluding hydrogens is 240 g/mol. The van der Waals surface area contributed by atoms with E-state index in [2.05, 4.69) is 0 Å². The molecule has 4 heteroatoms. The van der Waals surface area contributed by atoms with E-state index in [1.54, 1.807) is 0 Å². The maximum Gasteiger partial charge on any atom is 0.243 e. The van der Waals surface area contributed by atoms with Gasteiger partial charge >= 0.3 is 0 Å². The fraction of sp³-hybridized carbons (Fsp3) is 0.467. The molecule has 0 bridgehead atoms. The van der Waals surface area contributed by atoms with E-state index in [0.29, 0.717) is 19.6 Å². The average Bonchev–Trinajstić information content (AvgIpc) is 3.08. The molecule has 2 amide bonds. The van der Waals surface area contributed by atoms with Gasteiger partial charge in [-0.1, -0.05) is 30.3 Å². The summed E-state index contributed by atoms with van der Waals surface area (Å²) in [5, 5.41) is 0. The first-order chi connectivity index (χ1) is 9.08. The molecule has 1 saturated heterocycles. The number of carbonyl (C=O) groups is 2. The fourth-order valence-corrected chi connectivity index (χ4v) is 2.68. The predicted octanol–water partition coefficient (Wildman–Crippen LogP) is 1.41. The van der Waals surface area contributed by atoms with Crippen LogP contribution in [0.4, 0.5) is 0 Å². The monoisotopic (exact) mass is 258 g/mol. The molecule has 1 heterocycles. The van der Waals surface area contributed by atoms with Crippen LogP contribution in [0.1, 0.15) is 25.3 Å². The number of piperazine rings is 1. The van der Waals surface area contributed by atoms with Gasteiger partial charge in [0, 0.05) is 12.1 Å². The van der Waals surface area contributed by atoms with Crippen LogP contribution in [-0.2, 0) is 16.1 Å². The van der Waals surface area contributed by atoms with Crippen LogP contribution in [0, 0.1) is 0 Å². The molecule has 2 aliphatic rings. The van der Waals surface area contributed by atoms with Gasteiger partial charge in [-0.3, -0.25) is 19.4 Å². The summed E-state index contributed by atoms with van der Waals surface area (Å²) in [5.41, 5.74) is 0.946. The Hall–Kier alpha value is -1.68. The van der Waals surface area contributed by atoms with Crippen molar-refractivity contribution < 1.29 is 9.59 Å². The van der Waals surface area contributed by atoms with E-state index in [1.807, 2.05) is 42.2 Å². The molecule has 4 nitrogen and oxygen atoms in total. The Bertz CT molecular complexity index is 490. The van der Waals surface area contributed by atoms with E-state index in [-0.39, 0.29) is 17.4 Å². The molecule has 1 aliphatic carbocycles. The van der Waals surface area contributed by atoms with Crippen LogP contribution in [0.3, 0.4) is 0 Å². The standard InChI is InChI=1S/C15H18N2O2/c1-15(7-8-15)17-13(18)10-16(11-14(17)19)9-12-5-3-2-4-6-12/h2-6H,7-11H2,1H3. The van der Waals surface area contributed by atoms with E-state index in [9.17, 15) is 9.59 Å². The molecule has 0 spiro atoms. The van der Waals surface area contributed by atoms with Gasteiger partial charge in [0.15, 0.2) is 0 Å². The fourth-order valence-electron chi connectivity index (χ4n) is 2.68.